The first-order chi connectivity index (χ1) is 12.9. The lowest BCUT2D eigenvalue weighted by molar-refractivity contribution is -0.120. The van der Waals surface area contributed by atoms with Gasteiger partial charge in [0.1, 0.15) is 17.7 Å². The SMILES string of the molecule is CSCCC(C(=O)Nc1cc(F)ccc1F)N1C(=O)c2ccccc2C1=O. The number of fused-ring (bicyclic) bond motifs is 1. The second-order valence-electron chi connectivity index (χ2n) is 5.94. The van der Waals surface area contributed by atoms with Crippen LogP contribution in [0.25, 0.3) is 0 Å². The Morgan fingerprint density at radius 2 is 1.74 bits per heavy atom. The predicted octanol–water partition coefficient (Wildman–Crippen LogP) is 3.32. The third-order valence-corrected chi connectivity index (χ3v) is 4.87. The van der Waals surface area contributed by atoms with E-state index in [1.807, 2.05) is 6.26 Å². The number of hydrogen-bond acceptors (Lipinski definition) is 4. The Morgan fingerprint density at radius 1 is 1.11 bits per heavy atom. The highest BCUT2D eigenvalue weighted by Crippen LogP contribution is 2.27. The molecule has 0 fully saturated rings. The molecule has 2 aromatic carbocycles. The van der Waals surface area contributed by atoms with E-state index in [4.69, 9.17) is 0 Å². The Labute approximate surface area is 158 Å². The van der Waals surface area contributed by atoms with Gasteiger partial charge in [-0.2, -0.15) is 11.8 Å². The summed E-state index contributed by atoms with van der Waals surface area (Å²) in [6.45, 7) is 0. The molecule has 0 saturated carbocycles. The second kappa shape index (κ2) is 7.87. The van der Waals surface area contributed by atoms with Gasteiger partial charge in [0.05, 0.1) is 16.8 Å². The number of halogens is 2. The number of carbonyl (C=O) groups excluding carboxylic acids is 3. The number of amides is 3. The summed E-state index contributed by atoms with van der Waals surface area (Å²) >= 11 is 1.44. The lowest BCUT2D eigenvalue weighted by atomic mass is 10.1. The number of nitrogens with zero attached hydrogens (tertiary/aromatic N) is 1. The van der Waals surface area contributed by atoms with Crippen molar-refractivity contribution in [1.29, 1.82) is 0 Å². The topological polar surface area (TPSA) is 66.5 Å². The van der Waals surface area contributed by atoms with E-state index in [9.17, 15) is 23.2 Å². The monoisotopic (exact) mass is 390 g/mol. The number of imide groups is 1. The average Bonchev–Trinajstić information content (AvgIpc) is 2.90. The number of rotatable bonds is 6. The van der Waals surface area contributed by atoms with Gasteiger partial charge in [0.15, 0.2) is 0 Å². The number of anilines is 1. The fourth-order valence-corrected chi connectivity index (χ4v) is 3.37. The minimum Gasteiger partial charge on any atom is -0.322 e. The molecule has 5 nitrogen and oxygen atoms in total. The molecule has 3 amide bonds. The molecule has 1 aliphatic heterocycles. The van der Waals surface area contributed by atoms with Crippen LogP contribution in [0.15, 0.2) is 42.5 Å². The molecule has 0 spiro atoms. The molecule has 27 heavy (non-hydrogen) atoms. The maximum absolute atomic E-state index is 13.9. The van der Waals surface area contributed by atoms with Crippen molar-refractivity contribution in [3.8, 4) is 0 Å². The first-order valence-electron chi connectivity index (χ1n) is 8.15. The molecule has 0 aliphatic carbocycles. The van der Waals surface area contributed by atoms with Crippen LogP contribution < -0.4 is 5.32 Å². The smallest absolute Gasteiger partial charge is 0.262 e. The minimum atomic E-state index is -1.13. The van der Waals surface area contributed by atoms with E-state index in [2.05, 4.69) is 5.32 Å². The van der Waals surface area contributed by atoms with Crippen molar-refractivity contribution >= 4 is 35.2 Å². The van der Waals surface area contributed by atoms with Crippen LogP contribution in [0.2, 0.25) is 0 Å². The highest BCUT2D eigenvalue weighted by molar-refractivity contribution is 7.98. The Hall–Kier alpha value is -2.74. The zero-order valence-corrected chi connectivity index (χ0v) is 15.2. The van der Waals surface area contributed by atoms with Crippen LogP contribution in [-0.2, 0) is 4.79 Å². The number of nitrogens with one attached hydrogen (secondary N) is 1. The third-order valence-electron chi connectivity index (χ3n) is 4.22. The average molecular weight is 390 g/mol. The van der Waals surface area contributed by atoms with Gasteiger partial charge in [-0.05, 0) is 42.7 Å². The minimum absolute atomic E-state index is 0.190. The third kappa shape index (κ3) is 3.71. The molecule has 1 atom stereocenters. The quantitative estimate of drug-likeness (QED) is 0.769. The summed E-state index contributed by atoms with van der Waals surface area (Å²) in [4.78, 5) is 39.0. The van der Waals surface area contributed by atoms with E-state index < -0.39 is 35.4 Å². The molecule has 1 unspecified atom stereocenters. The lowest BCUT2D eigenvalue weighted by Gasteiger charge is -2.25. The Morgan fingerprint density at radius 3 is 2.33 bits per heavy atom. The Balaban J connectivity index is 1.90. The number of benzene rings is 2. The van der Waals surface area contributed by atoms with Crippen LogP contribution in [0.3, 0.4) is 0 Å². The molecule has 3 rings (SSSR count). The van der Waals surface area contributed by atoms with E-state index >= 15 is 0 Å². The number of hydrogen-bond donors (Lipinski definition) is 1. The molecule has 140 valence electrons. The lowest BCUT2D eigenvalue weighted by Crippen LogP contribution is -2.47. The van der Waals surface area contributed by atoms with E-state index in [1.54, 1.807) is 12.1 Å². The molecule has 0 bridgehead atoms. The summed E-state index contributed by atoms with van der Waals surface area (Å²) in [6, 6.07) is 7.84. The van der Waals surface area contributed by atoms with E-state index in [0.717, 1.165) is 23.1 Å². The van der Waals surface area contributed by atoms with Crippen LogP contribution in [-0.4, -0.2) is 40.7 Å². The van der Waals surface area contributed by atoms with Crippen LogP contribution in [0.1, 0.15) is 27.1 Å². The summed E-state index contributed by atoms with van der Waals surface area (Å²) in [5.74, 6) is -2.92. The van der Waals surface area contributed by atoms with Gasteiger partial charge in [0, 0.05) is 6.07 Å². The van der Waals surface area contributed by atoms with E-state index in [1.165, 1.54) is 23.9 Å². The standard InChI is InChI=1S/C19H16F2N2O3S/c1-27-9-8-16(17(24)22-15-10-11(20)6-7-14(15)21)23-18(25)12-4-2-3-5-13(12)19(23)26/h2-7,10,16H,8-9H2,1H3,(H,22,24). The Bertz CT molecular complexity index is 885. The second-order valence-corrected chi connectivity index (χ2v) is 6.92. The van der Waals surface area contributed by atoms with Crippen LogP contribution in [0, 0.1) is 11.6 Å². The molecule has 2 aromatic rings. The summed E-state index contributed by atoms with van der Waals surface area (Å²) in [5.41, 5.74) is 0.105. The first kappa shape index (κ1) is 19.0. The molecule has 0 saturated heterocycles. The Kier molecular flexibility index (Phi) is 5.55. The molecule has 1 N–H and O–H groups in total. The zero-order valence-electron chi connectivity index (χ0n) is 14.4. The summed E-state index contributed by atoms with van der Waals surface area (Å²) in [5, 5.41) is 2.30. The largest absolute Gasteiger partial charge is 0.322 e. The molecule has 1 aliphatic rings. The van der Waals surface area contributed by atoms with Crippen molar-refractivity contribution in [2.75, 3.05) is 17.3 Å². The van der Waals surface area contributed by atoms with Gasteiger partial charge in [-0.3, -0.25) is 19.3 Å². The first-order valence-corrected chi connectivity index (χ1v) is 9.55. The van der Waals surface area contributed by atoms with Crippen molar-refractivity contribution in [3.63, 3.8) is 0 Å². The van der Waals surface area contributed by atoms with E-state index in [-0.39, 0.29) is 23.2 Å². The van der Waals surface area contributed by atoms with Crippen LogP contribution >= 0.6 is 11.8 Å². The molecule has 1 heterocycles. The van der Waals surface area contributed by atoms with Gasteiger partial charge in [0.25, 0.3) is 11.8 Å². The van der Waals surface area contributed by atoms with Gasteiger partial charge in [-0.25, -0.2) is 8.78 Å². The van der Waals surface area contributed by atoms with Crippen molar-refractivity contribution in [2.45, 2.75) is 12.5 Å². The summed E-state index contributed by atoms with van der Waals surface area (Å²) < 4.78 is 27.2. The van der Waals surface area contributed by atoms with Crippen LogP contribution in [0.5, 0.6) is 0 Å². The molecular formula is C19H16F2N2O3S. The fraction of sp³-hybridized carbons (Fsp3) is 0.211. The summed E-state index contributed by atoms with van der Waals surface area (Å²) in [7, 11) is 0. The van der Waals surface area contributed by atoms with Gasteiger partial charge in [-0.15, -0.1) is 0 Å². The zero-order chi connectivity index (χ0) is 19.6. The van der Waals surface area contributed by atoms with Crippen molar-refractivity contribution < 1.29 is 23.2 Å². The van der Waals surface area contributed by atoms with Gasteiger partial charge >= 0.3 is 0 Å². The predicted molar refractivity (Wildman–Crippen MR) is 98.7 cm³/mol. The fourth-order valence-electron chi connectivity index (χ4n) is 2.91. The van der Waals surface area contributed by atoms with Gasteiger partial charge in [0.2, 0.25) is 5.91 Å². The van der Waals surface area contributed by atoms with Gasteiger partial charge < -0.3 is 5.32 Å². The van der Waals surface area contributed by atoms with Crippen LogP contribution in [0.4, 0.5) is 14.5 Å². The van der Waals surface area contributed by atoms with Crippen molar-refractivity contribution in [1.82, 2.24) is 4.90 Å². The van der Waals surface area contributed by atoms with Crippen molar-refractivity contribution in [2.24, 2.45) is 0 Å². The van der Waals surface area contributed by atoms with Gasteiger partial charge in [-0.1, -0.05) is 12.1 Å². The molecular weight excluding hydrogens is 374 g/mol. The highest BCUT2D eigenvalue weighted by Gasteiger charge is 2.42. The molecule has 0 radical (unpaired) electrons. The van der Waals surface area contributed by atoms with E-state index in [0.29, 0.717) is 5.75 Å². The summed E-state index contributed by atoms with van der Waals surface area (Å²) in [6.07, 6.45) is 2.01. The maximum Gasteiger partial charge on any atom is 0.262 e. The highest BCUT2D eigenvalue weighted by atomic mass is 32.2. The van der Waals surface area contributed by atoms with Crippen molar-refractivity contribution in [3.05, 3.63) is 65.2 Å². The number of thioether (sulfide) groups is 1. The molecule has 8 heteroatoms. The maximum atomic E-state index is 13.9. The number of carbonyl (C=O) groups is 3. The molecule has 0 aromatic heterocycles. The normalized spacial score (nSPS) is 14.3.